The maximum absolute atomic E-state index is 12.0. The maximum Gasteiger partial charge on any atom is 0.410 e. The van der Waals surface area contributed by atoms with E-state index in [9.17, 15) is 4.79 Å². The van der Waals surface area contributed by atoms with Crippen LogP contribution in [0.25, 0.3) is 0 Å². The van der Waals surface area contributed by atoms with Crippen LogP contribution in [0.2, 0.25) is 0 Å². The number of carbonyl (C=O) groups is 1. The highest BCUT2D eigenvalue weighted by Crippen LogP contribution is 2.21. The first-order valence-corrected chi connectivity index (χ1v) is 8.28. The first-order chi connectivity index (χ1) is 9.83. The van der Waals surface area contributed by atoms with Gasteiger partial charge in [-0.1, -0.05) is 6.07 Å². The molecule has 0 saturated carbocycles. The van der Waals surface area contributed by atoms with Gasteiger partial charge in [0.2, 0.25) is 0 Å². The lowest BCUT2D eigenvalue weighted by molar-refractivity contribution is 0.0285. The van der Waals surface area contributed by atoms with Gasteiger partial charge in [0.05, 0.1) is 6.61 Å². The van der Waals surface area contributed by atoms with Crippen molar-refractivity contribution in [1.29, 1.82) is 0 Å². The summed E-state index contributed by atoms with van der Waals surface area (Å²) in [4.78, 5) is 13.8. The molecular formula is C16H22INO3. The zero-order valence-electron chi connectivity index (χ0n) is 12.8. The molecule has 0 bridgehead atoms. The van der Waals surface area contributed by atoms with E-state index in [-0.39, 0.29) is 6.09 Å². The predicted molar refractivity (Wildman–Crippen MR) is 90.6 cm³/mol. The van der Waals surface area contributed by atoms with Gasteiger partial charge in [-0.15, -0.1) is 0 Å². The molecule has 1 atom stereocenters. The SMILES string of the molecule is CC(C)(C)OC(=O)N1CC[C@H](COc2cccc(I)c2)C1. The number of halogens is 1. The molecule has 1 amide bonds. The van der Waals surface area contributed by atoms with Crippen LogP contribution in [0.4, 0.5) is 4.79 Å². The lowest BCUT2D eigenvalue weighted by Crippen LogP contribution is -2.35. The van der Waals surface area contributed by atoms with Crippen molar-refractivity contribution in [2.45, 2.75) is 32.8 Å². The number of ether oxygens (including phenoxy) is 2. The van der Waals surface area contributed by atoms with Gasteiger partial charge >= 0.3 is 6.09 Å². The molecule has 0 aromatic heterocycles. The van der Waals surface area contributed by atoms with Crippen LogP contribution in [-0.4, -0.2) is 36.3 Å². The van der Waals surface area contributed by atoms with E-state index in [1.807, 2.05) is 45.0 Å². The van der Waals surface area contributed by atoms with Crippen LogP contribution in [0.15, 0.2) is 24.3 Å². The summed E-state index contributed by atoms with van der Waals surface area (Å²) in [6.45, 7) is 7.75. The Labute approximate surface area is 139 Å². The lowest BCUT2D eigenvalue weighted by atomic mass is 10.1. The Morgan fingerprint density at radius 3 is 2.86 bits per heavy atom. The highest BCUT2D eigenvalue weighted by atomic mass is 127. The first-order valence-electron chi connectivity index (χ1n) is 7.20. The molecule has 4 nitrogen and oxygen atoms in total. The van der Waals surface area contributed by atoms with E-state index in [1.54, 1.807) is 4.90 Å². The molecule has 1 aromatic carbocycles. The summed E-state index contributed by atoms with van der Waals surface area (Å²) in [5, 5.41) is 0. The third-order valence-corrected chi connectivity index (χ3v) is 3.89. The Balaban J connectivity index is 1.79. The molecule has 2 rings (SSSR count). The Hall–Kier alpha value is -0.980. The molecule has 21 heavy (non-hydrogen) atoms. The summed E-state index contributed by atoms with van der Waals surface area (Å²) in [7, 11) is 0. The van der Waals surface area contributed by atoms with Crippen molar-refractivity contribution in [2.75, 3.05) is 19.7 Å². The third kappa shape index (κ3) is 5.37. The molecule has 0 radical (unpaired) electrons. The number of rotatable bonds is 3. The predicted octanol–water partition coefficient (Wildman–Crippen LogP) is 3.93. The van der Waals surface area contributed by atoms with Crippen LogP contribution in [0, 0.1) is 9.49 Å². The molecule has 1 fully saturated rings. The molecule has 1 aliphatic heterocycles. The standard InChI is InChI=1S/C16H22INO3/c1-16(2,3)21-15(19)18-8-7-12(10-18)11-20-14-6-4-5-13(17)9-14/h4-6,9,12H,7-8,10-11H2,1-3H3/t12-/m0/s1. The lowest BCUT2D eigenvalue weighted by Gasteiger charge is -2.24. The number of amides is 1. The van der Waals surface area contributed by atoms with Crippen LogP contribution in [0.1, 0.15) is 27.2 Å². The van der Waals surface area contributed by atoms with E-state index < -0.39 is 5.60 Å². The minimum atomic E-state index is -0.438. The van der Waals surface area contributed by atoms with Gasteiger partial charge in [-0.3, -0.25) is 0 Å². The van der Waals surface area contributed by atoms with Gasteiger partial charge in [-0.2, -0.15) is 0 Å². The van der Waals surface area contributed by atoms with Crippen molar-refractivity contribution in [2.24, 2.45) is 5.92 Å². The molecule has 0 N–H and O–H groups in total. The summed E-state index contributed by atoms with van der Waals surface area (Å²) in [5.74, 6) is 1.26. The Morgan fingerprint density at radius 1 is 1.43 bits per heavy atom. The quantitative estimate of drug-likeness (QED) is 0.719. The summed E-state index contributed by atoms with van der Waals surface area (Å²) < 4.78 is 12.4. The normalized spacial score (nSPS) is 18.7. The number of benzene rings is 1. The van der Waals surface area contributed by atoms with Crippen molar-refractivity contribution in [3.05, 3.63) is 27.8 Å². The van der Waals surface area contributed by atoms with Crippen molar-refractivity contribution in [1.82, 2.24) is 4.90 Å². The molecule has 1 saturated heterocycles. The number of carbonyl (C=O) groups excluding carboxylic acids is 1. The van der Waals surface area contributed by atoms with Gasteiger partial charge in [0, 0.05) is 22.6 Å². The molecule has 0 unspecified atom stereocenters. The second kappa shape index (κ2) is 6.85. The maximum atomic E-state index is 12.0. The molecule has 1 aliphatic rings. The van der Waals surface area contributed by atoms with E-state index in [0.717, 1.165) is 22.3 Å². The fourth-order valence-corrected chi connectivity index (χ4v) is 2.75. The van der Waals surface area contributed by atoms with E-state index >= 15 is 0 Å². The van der Waals surface area contributed by atoms with Crippen LogP contribution in [0.5, 0.6) is 5.75 Å². The first kappa shape index (κ1) is 16.4. The Bertz CT molecular complexity index is 499. The number of hydrogen-bond acceptors (Lipinski definition) is 3. The second-order valence-electron chi connectivity index (χ2n) is 6.35. The summed E-state index contributed by atoms with van der Waals surface area (Å²) >= 11 is 2.27. The van der Waals surface area contributed by atoms with Gasteiger partial charge in [-0.05, 0) is 68.0 Å². The molecule has 0 spiro atoms. The molecule has 116 valence electrons. The molecule has 0 aliphatic carbocycles. The minimum Gasteiger partial charge on any atom is -0.493 e. The van der Waals surface area contributed by atoms with E-state index in [1.165, 1.54) is 0 Å². The van der Waals surface area contributed by atoms with Crippen molar-refractivity contribution in [3.63, 3.8) is 0 Å². The monoisotopic (exact) mass is 403 g/mol. The summed E-state index contributed by atoms with van der Waals surface area (Å²) in [6.07, 6.45) is 0.739. The van der Waals surface area contributed by atoms with E-state index in [0.29, 0.717) is 19.1 Å². The average molecular weight is 403 g/mol. The van der Waals surface area contributed by atoms with Gasteiger partial charge in [0.1, 0.15) is 11.4 Å². The van der Waals surface area contributed by atoms with Crippen LogP contribution in [-0.2, 0) is 4.74 Å². The van der Waals surface area contributed by atoms with Gasteiger partial charge in [0.25, 0.3) is 0 Å². The highest BCUT2D eigenvalue weighted by Gasteiger charge is 2.30. The van der Waals surface area contributed by atoms with Gasteiger partial charge in [0.15, 0.2) is 0 Å². The number of likely N-dealkylation sites (tertiary alicyclic amines) is 1. The molecule has 1 aromatic rings. The topological polar surface area (TPSA) is 38.8 Å². The smallest absolute Gasteiger partial charge is 0.410 e. The summed E-state index contributed by atoms with van der Waals surface area (Å²) in [6, 6.07) is 8.00. The van der Waals surface area contributed by atoms with Crippen LogP contribution in [0.3, 0.4) is 0 Å². The highest BCUT2D eigenvalue weighted by molar-refractivity contribution is 14.1. The fraction of sp³-hybridized carbons (Fsp3) is 0.562. The average Bonchev–Trinajstić information content (AvgIpc) is 2.83. The zero-order valence-corrected chi connectivity index (χ0v) is 14.9. The molecule has 1 heterocycles. The van der Waals surface area contributed by atoms with Gasteiger partial charge < -0.3 is 14.4 Å². The van der Waals surface area contributed by atoms with E-state index in [2.05, 4.69) is 22.6 Å². The Morgan fingerprint density at radius 2 is 2.19 bits per heavy atom. The van der Waals surface area contributed by atoms with Crippen molar-refractivity contribution in [3.8, 4) is 5.75 Å². The number of nitrogens with zero attached hydrogens (tertiary/aromatic N) is 1. The zero-order chi connectivity index (χ0) is 15.5. The minimum absolute atomic E-state index is 0.223. The van der Waals surface area contributed by atoms with E-state index in [4.69, 9.17) is 9.47 Å². The van der Waals surface area contributed by atoms with Crippen molar-refractivity contribution >= 4 is 28.7 Å². The van der Waals surface area contributed by atoms with Gasteiger partial charge in [-0.25, -0.2) is 4.79 Å². The largest absolute Gasteiger partial charge is 0.493 e. The fourth-order valence-electron chi connectivity index (χ4n) is 2.23. The summed E-state index contributed by atoms with van der Waals surface area (Å²) in [5.41, 5.74) is -0.438. The number of hydrogen-bond donors (Lipinski definition) is 0. The Kier molecular flexibility index (Phi) is 5.35. The molecular weight excluding hydrogens is 381 g/mol. The van der Waals surface area contributed by atoms with Crippen LogP contribution < -0.4 is 4.74 Å². The second-order valence-corrected chi connectivity index (χ2v) is 7.60. The van der Waals surface area contributed by atoms with Crippen LogP contribution >= 0.6 is 22.6 Å². The molecule has 5 heteroatoms. The third-order valence-electron chi connectivity index (χ3n) is 3.22. The van der Waals surface area contributed by atoms with Crippen molar-refractivity contribution < 1.29 is 14.3 Å².